The minimum atomic E-state index is 0.572. The summed E-state index contributed by atoms with van der Waals surface area (Å²) in [7, 11) is 2.08. The van der Waals surface area contributed by atoms with Crippen molar-refractivity contribution >= 4 is 0 Å². The molecule has 3 heteroatoms. The van der Waals surface area contributed by atoms with Crippen LogP contribution >= 0.6 is 0 Å². The largest absolute Gasteiger partial charge is 0.377 e. The van der Waals surface area contributed by atoms with Crippen molar-refractivity contribution in [1.82, 2.24) is 10.2 Å². The van der Waals surface area contributed by atoms with Gasteiger partial charge in [0.1, 0.15) is 0 Å². The molecule has 1 saturated heterocycles. The lowest BCUT2D eigenvalue weighted by molar-refractivity contribution is 0.0316. The maximum absolute atomic E-state index is 5.94. The Balaban J connectivity index is 1.60. The van der Waals surface area contributed by atoms with E-state index in [0.717, 1.165) is 19.1 Å². The Hall–Kier alpha value is -0.120. The zero-order chi connectivity index (χ0) is 12.1. The molecule has 2 unspecified atom stereocenters. The van der Waals surface area contributed by atoms with Gasteiger partial charge in [-0.15, -0.1) is 0 Å². The van der Waals surface area contributed by atoms with Crippen molar-refractivity contribution in [2.24, 2.45) is 5.92 Å². The van der Waals surface area contributed by atoms with Gasteiger partial charge in [-0.05, 0) is 38.8 Å². The van der Waals surface area contributed by atoms with Gasteiger partial charge < -0.3 is 15.0 Å². The van der Waals surface area contributed by atoms with Crippen LogP contribution in [0.5, 0.6) is 0 Å². The molecule has 2 atom stereocenters. The molecular formula is C14H28N2O. The molecular weight excluding hydrogens is 212 g/mol. The van der Waals surface area contributed by atoms with E-state index in [4.69, 9.17) is 4.74 Å². The average molecular weight is 240 g/mol. The van der Waals surface area contributed by atoms with Gasteiger partial charge in [0, 0.05) is 19.1 Å². The van der Waals surface area contributed by atoms with Crippen molar-refractivity contribution < 1.29 is 4.74 Å². The fourth-order valence-corrected chi connectivity index (χ4v) is 3.27. The van der Waals surface area contributed by atoms with Crippen molar-refractivity contribution in [3.63, 3.8) is 0 Å². The van der Waals surface area contributed by atoms with Gasteiger partial charge in [0.2, 0.25) is 0 Å². The lowest BCUT2D eigenvalue weighted by Crippen LogP contribution is -2.48. The van der Waals surface area contributed by atoms with Crippen LogP contribution in [0.4, 0.5) is 0 Å². The van der Waals surface area contributed by atoms with Gasteiger partial charge in [0.15, 0.2) is 0 Å². The van der Waals surface area contributed by atoms with Crippen LogP contribution in [0.25, 0.3) is 0 Å². The summed E-state index contributed by atoms with van der Waals surface area (Å²) in [5, 5.41) is 3.42. The third-order valence-corrected chi connectivity index (χ3v) is 4.42. The molecule has 1 N–H and O–H groups in total. The summed E-state index contributed by atoms with van der Waals surface area (Å²) in [6, 6.07) is 0.710. The summed E-state index contributed by atoms with van der Waals surface area (Å²) in [4.78, 5) is 2.56. The summed E-state index contributed by atoms with van der Waals surface area (Å²) < 4.78 is 5.94. The van der Waals surface area contributed by atoms with Crippen molar-refractivity contribution in [1.29, 1.82) is 0 Å². The number of likely N-dealkylation sites (tertiary alicyclic amines) is 1. The van der Waals surface area contributed by atoms with Gasteiger partial charge in [-0.2, -0.15) is 0 Å². The van der Waals surface area contributed by atoms with Crippen molar-refractivity contribution in [3.8, 4) is 0 Å². The zero-order valence-corrected chi connectivity index (χ0v) is 11.5. The Morgan fingerprint density at radius 1 is 1.24 bits per heavy atom. The van der Waals surface area contributed by atoms with E-state index in [9.17, 15) is 0 Å². The number of nitrogens with zero attached hydrogens (tertiary/aromatic N) is 1. The summed E-state index contributed by atoms with van der Waals surface area (Å²) in [5.41, 5.74) is 0. The number of hydrogen-bond donors (Lipinski definition) is 1. The predicted molar refractivity (Wildman–Crippen MR) is 71.3 cm³/mol. The van der Waals surface area contributed by atoms with Crippen LogP contribution in [-0.4, -0.2) is 50.3 Å². The highest BCUT2D eigenvalue weighted by molar-refractivity contribution is 4.81. The molecule has 100 valence electrons. The van der Waals surface area contributed by atoms with E-state index < -0.39 is 0 Å². The first kappa shape index (κ1) is 13.3. The van der Waals surface area contributed by atoms with E-state index in [1.165, 1.54) is 45.2 Å². The Morgan fingerprint density at radius 3 is 2.65 bits per heavy atom. The van der Waals surface area contributed by atoms with Crippen LogP contribution in [0.3, 0.4) is 0 Å². The van der Waals surface area contributed by atoms with E-state index in [1.54, 1.807) is 0 Å². The molecule has 0 spiro atoms. The average Bonchev–Trinajstić information content (AvgIpc) is 2.82. The number of ether oxygens (including phenoxy) is 1. The summed E-state index contributed by atoms with van der Waals surface area (Å²) in [6.07, 6.45) is 7.17. The Morgan fingerprint density at radius 2 is 2.00 bits per heavy atom. The normalized spacial score (nSPS) is 32.1. The summed E-state index contributed by atoms with van der Waals surface area (Å²) >= 11 is 0. The molecule has 0 bridgehead atoms. The number of nitrogens with one attached hydrogen (secondary N) is 1. The second kappa shape index (κ2) is 6.72. The van der Waals surface area contributed by atoms with Crippen molar-refractivity contribution in [2.75, 3.05) is 33.3 Å². The molecule has 1 aliphatic heterocycles. The monoisotopic (exact) mass is 240 g/mol. The van der Waals surface area contributed by atoms with E-state index in [2.05, 4.69) is 24.2 Å². The third-order valence-electron chi connectivity index (χ3n) is 4.42. The van der Waals surface area contributed by atoms with Crippen molar-refractivity contribution in [3.05, 3.63) is 0 Å². The first-order valence-corrected chi connectivity index (χ1v) is 7.31. The fraction of sp³-hybridized carbons (Fsp3) is 1.00. The first-order chi connectivity index (χ1) is 8.29. The van der Waals surface area contributed by atoms with E-state index in [1.807, 2.05) is 0 Å². The molecule has 1 aliphatic carbocycles. The Labute approximate surface area is 106 Å². The third kappa shape index (κ3) is 3.94. The molecule has 0 amide bonds. The Bertz CT molecular complexity index is 216. The summed E-state index contributed by atoms with van der Waals surface area (Å²) in [6.45, 7) is 6.85. The minimum absolute atomic E-state index is 0.572. The fourth-order valence-electron chi connectivity index (χ4n) is 3.27. The minimum Gasteiger partial charge on any atom is -0.377 e. The highest BCUT2D eigenvalue weighted by Gasteiger charge is 2.24. The van der Waals surface area contributed by atoms with Crippen LogP contribution < -0.4 is 5.32 Å². The Kier molecular flexibility index (Phi) is 5.26. The molecule has 2 aliphatic rings. The van der Waals surface area contributed by atoms with Gasteiger partial charge in [0.05, 0.1) is 12.7 Å². The molecule has 1 saturated carbocycles. The zero-order valence-electron chi connectivity index (χ0n) is 11.5. The highest BCUT2D eigenvalue weighted by Crippen LogP contribution is 2.21. The highest BCUT2D eigenvalue weighted by atomic mass is 16.5. The maximum atomic E-state index is 5.94. The van der Waals surface area contributed by atoms with E-state index in [-0.39, 0.29) is 0 Å². The van der Waals surface area contributed by atoms with Gasteiger partial charge in [0.25, 0.3) is 0 Å². The lowest BCUT2D eigenvalue weighted by Gasteiger charge is -2.36. The SMILES string of the molecule is CNC1CCN(CCOC2CCCC2)CC1C. The van der Waals surface area contributed by atoms with Gasteiger partial charge >= 0.3 is 0 Å². The molecule has 17 heavy (non-hydrogen) atoms. The van der Waals surface area contributed by atoms with Crippen LogP contribution in [0.15, 0.2) is 0 Å². The molecule has 0 aromatic heterocycles. The topological polar surface area (TPSA) is 24.5 Å². The molecule has 0 aromatic carbocycles. The quantitative estimate of drug-likeness (QED) is 0.794. The molecule has 0 aromatic rings. The van der Waals surface area contributed by atoms with Gasteiger partial charge in [-0.3, -0.25) is 0 Å². The van der Waals surface area contributed by atoms with Gasteiger partial charge in [-0.25, -0.2) is 0 Å². The summed E-state index contributed by atoms with van der Waals surface area (Å²) in [5.74, 6) is 0.764. The van der Waals surface area contributed by atoms with Crippen LogP contribution in [0.2, 0.25) is 0 Å². The van der Waals surface area contributed by atoms with E-state index >= 15 is 0 Å². The van der Waals surface area contributed by atoms with Crippen LogP contribution in [-0.2, 0) is 4.74 Å². The number of hydrogen-bond acceptors (Lipinski definition) is 3. The molecule has 3 nitrogen and oxygen atoms in total. The molecule has 2 fully saturated rings. The first-order valence-electron chi connectivity index (χ1n) is 7.31. The number of piperidine rings is 1. The van der Waals surface area contributed by atoms with Crippen LogP contribution in [0, 0.1) is 5.92 Å². The second-order valence-corrected chi connectivity index (χ2v) is 5.74. The maximum Gasteiger partial charge on any atom is 0.0597 e. The predicted octanol–water partition coefficient (Wildman–Crippen LogP) is 1.88. The molecule has 0 radical (unpaired) electrons. The molecule has 2 rings (SSSR count). The molecule has 1 heterocycles. The van der Waals surface area contributed by atoms with Crippen LogP contribution in [0.1, 0.15) is 39.0 Å². The second-order valence-electron chi connectivity index (χ2n) is 5.74. The standard InChI is InChI=1S/C14H28N2O/c1-12-11-16(8-7-14(12)15-2)9-10-17-13-5-3-4-6-13/h12-15H,3-11H2,1-2H3. The number of rotatable bonds is 5. The lowest BCUT2D eigenvalue weighted by atomic mass is 9.94. The van der Waals surface area contributed by atoms with E-state index in [0.29, 0.717) is 12.1 Å². The smallest absolute Gasteiger partial charge is 0.0597 e. The van der Waals surface area contributed by atoms with Gasteiger partial charge in [-0.1, -0.05) is 19.8 Å². The van der Waals surface area contributed by atoms with Crippen molar-refractivity contribution in [2.45, 2.75) is 51.2 Å².